The predicted octanol–water partition coefficient (Wildman–Crippen LogP) is 5.66. The molecule has 2 heterocycles. The number of halogens is 1. The first kappa shape index (κ1) is 21.0. The van der Waals surface area contributed by atoms with Crippen LogP contribution in [0, 0.1) is 13.8 Å². The van der Waals surface area contributed by atoms with Crippen molar-refractivity contribution in [3.63, 3.8) is 0 Å². The van der Waals surface area contributed by atoms with Crippen molar-refractivity contribution in [3.8, 4) is 22.8 Å². The quantitative estimate of drug-likeness (QED) is 0.317. The third kappa shape index (κ3) is 4.13. The van der Waals surface area contributed by atoms with Gasteiger partial charge in [0.15, 0.2) is 11.5 Å². The van der Waals surface area contributed by atoms with Gasteiger partial charge < -0.3 is 9.47 Å². The van der Waals surface area contributed by atoms with Crippen molar-refractivity contribution in [2.24, 2.45) is 5.10 Å². The molecule has 5 rings (SSSR count). The Hall–Kier alpha value is -3.90. The van der Waals surface area contributed by atoms with Gasteiger partial charge in [0.05, 0.1) is 28.0 Å². The summed E-state index contributed by atoms with van der Waals surface area (Å²) in [5.41, 5.74) is 8.39. The van der Waals surface area contributed by atoms with Gasteiger partial charge in [-0.05, 0) is 43.7 Å². The summed E-state index contributed by atoms with van der Waals surface area (Å²) < 4.78 is 10.7. The van der Waals surface area contributed by atoms with Crippen molar-refractivity contribution in [3.05, 3.63) is 87.9 Å². The number of benzene rings is 3. The molecule has 0 spiro atoms. The van der Waals surface area contributed by atoms with Crippen molar-refractivity contribution in [2.75, 3.05) is 6.79 Å². The summed E-state index contributed by atoms with van der Waals surface area (Å²) in [6.45, 7) is 4.22. The number of carbonyl (C=O) groups excluding carboxylic acids is 1. The fraction of sp³-hybridized carbons (Fsp3) is 0.115. The minimum atomic E-state index is -0.340. The van der Waals surface area contributed by atoms with Gasteiger partial charge in [-0.3, -0.25) is 4.79 Å². The minimum Gasteiger partial charge on any atom is -0.454 e. The third-order valence-electron chi connectivity index (χ3n) is 5.49. The van der Waals surface area contributed by atoms with Gasteiger partial charge in [0.1, 0.15) is 0 Å². The number of para-hydroxylation sites is 1. The molecule has 1 aliphatic heterocycles. The number of amides is 1. The minimum absolute atomic E-state index is 0.154. The number of nitrogens with zero attached hydrogens (tertiary/aromatic N) is 2. The highest BCUT2D eigenvalue weighted by molar-refractivity contribution is 6.33. The van der Waals surface area contributed by atoms with Gasteiger partial charge in [-0.2, -0.15) is 5.10 Å². The monoisotopic (exact) mass is 457 g/mol. The summed E-state index contributed by atoms with van der Waals surface area (Å²) >= 11 is 6.29. The van der Waals surface area contributed by atoms with Crippen molar-refractivity contribution < 1.29 is 14.3 Å². The molecule has 0 radical (unpaired) electrons. The molecule has 164 valence electrons. The summed E-state index contributed by atoms with van der Waals surface area (Å²) in [5.74, 6) is 0.835. The molecule has 33 heavy (non-hydrogen) atoms. The zero-order valence-corrected chi connectivity index (χ0v) is 18.8. The van der Waals surface area contributed by atoms with Crippen molar-refractivity contribution in [1.82, 2.24) is 10.4 Å². The number of nitrogens with one attached hydrogen (secondary N) is 1. The molecule has 0 fully saturated rings. The smallest absolute Gasteiger partial charge is 0.272 e. The molecule has 0 saturated carbocycles. The largest absolute Gasteiger partial charge is 0.454 e. The number of ether oxygens (including phenoxy) is 2. The number of hydrazone groups is 1. The van der Waals surface area contributed by atoms with E-state index >= 15 is 0 Å². The standard InChI is InChI=1S/C26H20ClN3O3/c1-15-7-8-16(2)19(9-15)23-11-20(18-5-3-4-6-22(18)29-23)26(31)30-28-13-17-10-24-25(12-21(17)27)33-14-32-24/h3-13H,14H2,1-2H3,(H,30,31)/b28-13-. The lowest BCUT2D eigenvalue weighted by Crippen LogP contribution is -2.18. The lowest BCUT2D eigenvalue weighted by molar-refractivity contribution is 0.0956. The Morgan fingerprint density at radius 3 is 2.70 bits per heavy atom. The van der Waals surface area contributed by atoms with Crippen LogP contribution in [0.4, 0.5) is 0 Å². The third-order valence-corrected chi connectivity index (χ3v) is 5.82. The number of rotatable bonds is 4. The number of aryl methyl sites for hydroxylation is 2. The highest BCUT2D eigenvalue weighted by Crippen LogP contribution is 2.36. The van der Waals surface area contributed by atoms with E-state index in [0.29, 0.717) is 27.6 Å². The van der Waals surface area contributed by atoms with Gasteiger partial charge in [0.25, 0.3) is 5.91 Å². The average molecular weight is 458 g/mol. The second-order valence-electron chi connectivity index (χ2n) is 7.82. The first-order valence-corrected chi connectivity index (χ1v) is 10.8. The lowest BCUT2D eigenvalue weighted by Gasteiger charge is -2.11. The topological polar surface area (TPSA) is 72.8 Å². The first-order chi connectivity index (χ1) is 16.0. The second-order valence-corrected chi connectivity index (χ2v) is 8.22. The predicted molar refractivity (Wildman–Crippen MR) is 129 cm³/mol. The van der Waals surface area contributed by atoms with E-state index in [0.717, 1.165) is 33.3 Å². The summed E-state index contributed by atoms with van der Waals surface area (Å²) in [7, 11) is 0. The van der Waals surface area contributed by atoms with E-state index in [1.165, 1.54) is 6.21 Å². The van der Waals surface area contributed by atoms with Crippen LogP contribution in [0.5, 0.6) is 11.5 Å². The van der Waals surface area contributed by atoms with Crippen LogP contribution in [0.3, 0.4) is 0 Å². The summed E-state index contributed by atoms with van der Waals surface area (Å²) in [6, 6.07) is 19.0. The maximum absolute atomic E-state index is 13.1. The van der Waals surface area contributed by atoms with E-state index in [4.69, 9.17) is 26.1 Å². The van der Waals surface area contributed by atoms with Crippen LogP contribution in [-0.2, 0) is 0 Å². The highest BCUT2D eigenvalue weighted by atomic mass is 35.5. The number of hydrogen-bond acceptors (Lipinski definition) is 5. The summed E-state index contributed by atoms with van der Waals surface area (Å²) in [4.78, 5) is 17.9. The molecule has 7 heteroatoms. The van der Waals surface area contributed by atoms with Crippen LogP contribution in [-0.4, -0.2) is 23.9 Å². The van der Waals surface area contributed by atoms with Crippen LogP contribution >= 0.6 is 11.6 Å². The molecule has 1 aliphatic rings. The van der Waals surface area contributed by atoms with Crippen LogP contribution in [0.2, 0.25) is 5.02 Å². The molecule has 3 aromatic carbocycles. The number of carbonyl (C=O) groups is 1. The Balaban J connectivity index is 1.48. The van der Waals surface area contributed by atoms with E-state index in [1.807, 2.05) is 44.2 Å². The van der Waals surface area contributed by atoms with Crippen LogP contribution < -0.4 is 14.9 Å². The Bertz CT molecular complexity index is 1430. The van der Waals surface area contributed by atoms with E-state index in [-0.39, 0.29) is 12.7 Å². The summed E-state index contributed by atoms with van der Waals surface area (Å²) in [6.07, 6.45) is 1.48. The lowest BCUT2D eigenvalue weighted by atomic mass is 9.99. The van der Waals surface area contributed by atoms with Gasteiger partial charge in [0, 0.05) is 22.6 Å². The van der Waals surface area contributed by atoms with Gasteiger partial charge in [-0.15, -0.1) is 0 Å². The Morgan fingerprint density at radius 1 is 1.06 bits per heavy atom. The number of fused-ring (bicyclic) bond motifs is 2. The maximum Gasteiger partial charge on any atom is 0.272 e. The zero-order chi connectivity index (χ0) is 22.9. The fourth-order valence-electron chi connectivity index (χ4n) is 3.77. The van der Waals surface area contributed by atoms with Crippen LogP contribution in [0.1, 0.15) is 27.0 Å². The number of pyridine rings is 1. The number of hydrogen-bond donors (Lipinski definition) is 1. The summed E-state index contributed by atoms with van der Waals surface area (Å²) in [5, 5.41) is 5.32. The van der Waals surface area contributed by atoms with Gasteiger partial charge in [-0.1, -0.05) is 47.5 Å². The molecule has 0 saturated heterocycles. The molecule has 1 aromatic heterocycles. The normalized spacial score (nSPS) is 12.5. The molecule has 4 aromatic rings. The van der Waals surface area contributed by atoms with Gasteiger partial charge in [-0.25, -0.2) is 10.4 Å². The molecular formula is C26H20ClN3O3. The van der Waals surface area contributed by atoms with Crippen molar-refractivity contribution in [2.45, 2.75) is 13.8 Å². The SMILES string of the molecule is Cc1ccc(C)c(-c2cc(C(=O)N/N=C\c3cc4c(cc3Cl)OCO4)c3ccccc3n2)c1. The van der Waals surface area contributed by atoms with E-state index < -0.39 is 0 Å². The molecule has 1 amide bonds. The van der Waals surface area contributed by atoms with Crippen LogP contribution in [0.25, 0.3) is 22.2 Å². The second kappa shape index (κ2) is 8.56. The van der Waals surface area contributed by atoms with Crippen molar-refractivity contribution >= 4 is 34.6 Å². The Morgan fingerprint density at radius 2 is 1.85 bits per heavy atom. The average Bonchev–Trinajstić information content (AvgIpc) is 3.27. The van der Waals surface area contributed by atoms with E-state index in [1.54, 1.807) is 12.1 Å². The van der Waals surface area contributed by atoms with Gasteiger partial charge >= 0.3 is 0 Å². The highest BCUT2D eigenvalue weighted by Gasteiger charge is 2.17. The van der Waals surface area contributed by atoms with Crippen molar-refractivity contribution in [1.29, 1.82) is 0 Å². The number of aromatic nitrogens is 1. The Labute approximate surface area is 195 Å². The fourth-order valence-corrected chi connectivity index (χ4v) is 3.97. The molecular weight excluding hydrogens is 438 g/mol. The maximum atomic E-state index is 13.1. The van der Waals surface area contributed by atoms with Crippen LogP contribution in [0.15, 0.2) is 65.8 Å². The van der Waals surface area contributed by atoms with Gasteiger partial charge in [0.2, 0.25) is 6.79 Å². The van der Waals surface area contributed by atoms with E-state index in [2.05, 4.69) is 28.7 Å². The van der Waals surface area contributed by atoms with E-state index in [9.17, 15) is 4.79 Å². The zero-order valence-electron chi connectivity index (χ0n) is 18.1. The first-order valence-electron chi connectivity index (χ1n) is 10.4. The molecule has 1 N–H and O–H groups in total. The molecule has 0 bridgehead atoms. The Kier molecular flexibility index (Phi) is 5.44. The molecule has 0 aliphatic carbocycles. The molecule has 0 atom stereocenters. The molecule has 0 unspecified atom stereocenters. The molecule has 6 nitrogen and oxygen atoms in total.